The maximum Gasteiger partial charge on any atom is 0.407 e. The smallest absolute Gasteiger partial charge is 0.407 e. The third-order valence-electron chi connectivity index (χ3n) is 3.57. The van der Waals surface area contributed by atoms with Crippen LogP contribution in [0.4, 0.5) is 16.4 Å². The molecule has 0 aliphatic heterocycles. The molecule has 1 amide bonds. The Hall–Kier alpha value is -2.26. The Morgan fingerprint density at radius 1 is 1.15 bits per heavy atom. The number of nitrogens with zero attached hydrogens (tertiary/aromatic N) is 2. The quantitative estimate of drug-likeness (QED) is 0.234. The number of amides is 1. The molecule has 8 nitrogen and oxygen atoms in total. The topological polar surface area (TPSA) is 114 Å². The van der Waals surface area contributed by atoms with E-state index in [2.05, 4.69) is 26.0 Å². The molecule has 0 saturated carbocycles. The molecule has 0 aliphatic carbocycles. The molecule has 148 valence electrons. The average Bonchev–Trinajstić information content (AvgIpc) is 2.61. The van der Waals surface area contributed by atoms with E-state index in [9.17, 15) is 4.79 Å². The number of hydrogen-bond acceptors (Lipinski definition) is 8. The number of benzene rings is 1. The van der Waals surface area contributed by atoms with E-state index in [-0.39, 0.29) is 0 Å². The third-order valence-corrected chi connectivity index (χ3v) is 4.30. The van der Waals surface area contributed by atoms with Crippen molar-refractivity contribution in [2.45, 2.75) is 44.1 Å². The van der Waals surface area contributed by atoms with Gasteiger partial charge in [0.1, 0.15) is 5.60 Å². The Labute approximate surface area is 164 Å². The number of fused-ring (bicyclic) bond motifs is 1. The number of nitrogens with one attached hydrogen (secondary N) is 3. The van der Waals surface area contributed by atoms with Crippen LogP contribution >= 0.6 is 11.8 Å². The summed E-state index contributed by atoms with van der Waals surface area (Å²) in [6, 6.07) is 5.94. The minimum absolute atomic E-state index is 0.393. The Morgan fingerprint density at radius 2 is 1.85 bits per heavy atom. The highest BCUT2D eigenvalue weighted by molar-refractivity contribution is 7.98. The molecule has 2 rings (SSSR count). The van der Waals surface area contributed by atoms with Gasteiger partial charge < -0.3 is 20.8 Å². The molecule has 2 aromatic rings. The monoisotopic (exact) mass is 392 g/mol. The van der Waals surface area contributed by atoms with Crippen molar-refractivity contribution in [2.75, 3.05) is 30.1 Å². The van der Waals surface area contributed by atoms with Gasteiger partial charge in [-0.05, 0) is 58.1 Å². The first-order chi connectivity index (χ1) is 12.8. The van der Waals surface area contributed by atoms with E-state index < -0.39 is 11.7 Å². The van der Waals surface area contributed by atoms with Crippen molar-refractivity contribution in [2.24, 2.45) is 5.84 Å². The predicted molar refractivity (Wildman–Crippen MR) is 111 cm³/mol. The van der Waals surface area contributed by atoms with Crippen molar-refractivity contribution in [1.82, 2.24) is 15.3 Å². The standard InChI is InChI=1S/C18H28N6O2S/c1-18(2,3)26-17(25)21-10-6-5-9-20-15-16(24-19)22-13-8-7-12(27-4)11-14(13)23-15/h7-8,11H,5-6,9-10,19H2,1-4H3,(H,20,23)(H,21,25)(H,22,24). The van der Waals surface area contributed by atoms with Crippen molar-refractivity contribution in [3.63, 3.8) is 0 Å². The van der Waals surface area contributed by atoms with Crippen LogP contribution in [0, 0.1) is 0 Å². The largest absolute Gasteiger partial charge is 0.444 e. The lowest BCUT2D eigenvalue weighted by atomic mass is 10.2. The Bertz CT molecular complexity index is 778. The van der Waals surface area contributed by atoms with Gasteiger partial charge in [0, 0.05) is 18.0 Å². The summed E-state index contributed by atoms with van der Waals surface area (Å²) in [6.45, 7) is 6.76. The fraction of sp³-hybridized carbons (Fsp3) is 0.500. The molecule has 9 heteroatoms. The summed E-state index contributed by atoms with van der Waals surface area (Å²) in [6.07, 6.45) is 3.30. The minimum Gasteiger partial charge on any atom is -0.444 e. The number of nitrogen functional groups attached to an aromatic ring is 1. The zero-order valence-electron chi connectivity index (χ0n) is 16.3. The SMILES string of the molecule is CSc1ccc2nc(NN)c(NCCCCNC(=O)OC(C)(C)C)nc2c1. The van der Waals surface area contributed by atoms with Crippen LogP contribution in [0.25, 0.3) is 11.0 Å². The maximum atomic E-state index is 11.6. The van der Waals surface area contributed by atoms with Crippen LogP contribution in [-0.2, 0) is 4.74 Å². The van der Waals surface area contributed by atoms with E-state index >= 15 is 0 Å². The number of carbonyl (C=O) groups excluding carboxylic acids is 1. The second kappa shape index (κ2) is 9.61. The Kier molecular flexibility index (Phi) is 7.49. The van der Waals surface area contributed by atoms with Gasteiger partial charge >= 0.3 is 6.09 Å². The summed E-state index contributed by atoms with van der Waals surface area (Å²) in [7, 11) is 0. The van der Waals surface area contributed by atoms with Crippen LogP contribution in [0.5, 0.6) is 0 Å². The molecule has 1 aromatic heterocycles. The Morgan fingerprint density at radius 3 is 2.52 bits per heavy atom. The molecule has 0 spiro atoms. The molecule has 0 fully saturated rings. The number of ether oxygens (including phenoxy) is 1. The molecule has 0 unspecified atom stereocenters. The fourth-order valence-corrected chi connectivity index (χ4v) is 2.78. The van der Waals surface area contributed by atoms with Crippen molar-refractivity contribution >= 4 is 40.5 Å². The summed E-state index contributed by atoms with van der Waals surface area (Å²) >= 11 is 1.66. The fourth-order valence-electron chi connectivity index (χ4n) is 2.35. The zero-order chi connectivity index (χ0) is 19.9. The number of rotatable bonds is 8. The van der Waals surface area contributed by atoms with Gasteiger partial charge in [-0.25, -0.2) is 20.6 Å². The van der Waals surface area contributed by atoms with Crippen molar-refractivity contribution in [3.8, 4) is 0 Å². The lowest BCUT2D eigenvalue weighted by molar-refractivity contribution is 0.0527. The van der Waals surface area contributed by atoms with Crippen LogP contribution < -0.4 is 21.9 Å². The van der Waals surface area contributed by atoms with E-state index in [0.717, 1.165) is 28.8 Å². The summed E-state index contributed by atoms with van der Waals surface area (Å²) in [5.74, 6) is 6.70. The Balaban J connectivity index is 1.84. The van der Waals surface area contributed by atoms with Gasteiger partial charge in [0.15, 0.2) is 11.6 Å². The number of alkyl carbamates (subject to hydrolysis) is 1. The first kappa shape index (κ1) is 21.0. The van der Waals surface area contributed by atoms with Crippen molar-refractivity contribution in [1.29, 1.82) is 0 Å². The molecule has 27 heavy (non-hydrogen) atoms. The van der Waals surface area contributed by atoms with Crippen LogP contribution in [0.1, 0.15) is 33.6 Å². The van der Waals surface area contributed by atoms with Gasteiger partial charge in [0.25, 0.3) is 0 Å². The molecular formula is C18H28N6O2S. The normalized spacial score (nSPS) is 11.3. The molecule has 0 radical (unpaired) electrons. The van der Waals surface area contributed by atoms with Gasteiger partial charge in [-0.3, -0.25) is 0 Å². The summed E-state index contributed by atoms with van der Waals surface area (Å²) in [5.41, 5.74) is 3.71. The number of hydrazine groups is 1. The molecular weight excluding hydrogens is 364 g/mol. The van der Waals surface area contributed by atoms with E-state index in [1.54, 1.807) is 11.8 Å². The highest BCUT2D eigenvalue weighted by Crippen LogP contribution is 2.24. The first-order valence-electron chi connectivity index (χ1n) is 8.85. The number of unbranched alkanes of at least 4 members (excludes halogenated alkanes) is 1. The lowest BCUT2D eigenvalue weighted by Gasteiger charge is -2.19. The van der Waals surface area contributed by atoms with E-state index in [4.69, 9.17) is 10.6 Å². The molecule has 0 aliphatic rings. The lowest BCUT2D eigenvalue weighted by Crippen LogP contribution is -2.33. The number of hydrogen-bond donors (Lipinski definition) is 4. The third kappa shape index (κ3) is 6.76. The summed E-state index contributed by atoms with van der Waals surface area (Å²) < 4.78 is 5.20. The van der Waals surface area contributed by atoms with Gasteiger partial charge in [0.05, 0.1) is 11.0 Å². The van der Waals surface area contributed by atoms with Crippen LogP contribution in [0.3, 0.4) is 0 Å². The molecule has 0 bridgehead atoms. The molecule has 0 saturated heterocycles. The van der Waals surface area contributed by atoms with Crippen molar-refractivity contribution in [3.05, 3.63) is 18.2 Å². The molecule has 0 atom stereocenters. The number of nitrogens with two attached hydrogens (primary N) is 1. The van der Waals surface area contributed by atoms with Gasteiger partial charge in [-0.2, -0.15) is 0 Å². The van der Waals surface area contributed by atoms with Gasteiger partial charge in [0.2, 0.25) is 0 Å². The van der Waals surface area contributed by atoms with Crippen LogP contribution in [-0.4, -0.2) is 41.0 Å². The first-order valence-corrected chi connectivity index (χ1v) is 10.1. The minimum atomic E-state index is -0.484. The number of thioether (sulfide) groups is 1. The highest BCUT2D eigenvalue weighted by Gasteiger charge is 2.15. The molecule has 5 N–H and O–H groups in total. The van der Waals surface area contributed by atoms with E-state index in [1.807, 2.05) is 45.2 Å². The second-order valence-electron chi connectivity index (χ2n) is 6.98. The predicted octanol–water partition coefficient (Wildman–Crippen LogP) is 3.35. The van der Waals surface area contributed by atoms with Crippen molar-refractivity contribution < 1.29 is 9.53 Å². The maximum absolute atomic E-state index is 11.6. The second-order valence-corrected chi connectivity index (χ2v) is 7.86. The zero-order valence-corrected chi connectivity index (χ0v) is 17.1. The number of aromatic nitrogens is 2. The molecule has 1 aromatic carbocycles. The van der Waals surface area contributed by atoms with E-state index in [0.29, 0.717) is 24.7 Å². The molecule has 1 heterocycles. The van der Waals surface area contributed by atoms with Gasteiger partial charge in [-0.1, -0.05) is 0 Å². The van der Waals surface area contributed by atoms with Crippen LogP contribution in [0.15, 0.2) is 23.1 Å². The van der Waals surface area contributed by atoms with E-state index in [1.165, 1.54) is 0 Å². The summed E-state index contributed by atoms with van der Waals surface area (Å²) in [4.78, 5) is 21.8. The van der Waals surface area contributed by atoms with Gasteiger partial charge in [-0.15, -0.1) is 11.8 Å². The average molecular weight is 393 g/mol. The number of anilines is 2. The summed E-state index contributed by atoms with van der Waals surface area (Å²) in [5, 5.41) is 6.00. The highest BCUT2D eigenvalue weighted by atomic mass is 32.2. The number of carbonyl (C=O) groups is 1. The van der Waals surface area contributed by atoms with Crippen LogP contribution in [0.2, 0.25) is 0 Å².